The summed E-state index contributed by atoms with van der Waals surface area (Å²) in [6.07, 6.45) is -0.846. The molecule has 0 saturated carbocycles. The molecular weight excluding hydrogens is 274 g/mol. The Morgan fingerprint density at radius 2 is 1.71 bits per heavy atom. The van der Waals surface area contributed by atoms with Crippen molar-refractivity contribution in [1.29, 1.82) is 0 Å². The first-order chi connectivity index (χ1) is 10.1. The third-order valence-corrected chi connectivity index (χ3v) is 2.82. The van der Waals surface area contributed by atoms with Crippen LogP contribution < -0.4 is 4.74 Å². The highest BCUT2D eigenvalue weighted by molar-refractivity contribution is 5.78. The number of non-ortho nitro benzene ring substituents is 1. The van der Waals surface area contributed by atoms with E-state index in [2.05, 4.69) is 0 Å². The van der Waals surface area contributed by atoms with E-state index in [1.54, 1.807) is 24.3 Å². The number of rotatable bonds is 5. The highest BCUT2D eigenvalue weighted by atomic mass is 16.6. The molecule has 0 amide bonds. The van der Waals surface area contributed by atoms with E-state index < -0.39 is 17.0 Å². The van der Waals surface area contributed by atoms with Crippen molar-refractivity contribution in [3.05, 3.63) is 70.3 Å². The summed E-state index contributed by atoms with van der Waals surface area (Å²) < 4.78 is 10.3. The van der Waals surface area contributed by atoms with Crippen LogP contribution in [0.4, 0.5) is 5.69 Å². The molecule has 0 fully saturated rings. The standard InChI is InChI=1S/C15H13NO5/c1-20-14(11-5-3-2-4-6-11)15(17)21-13-9-7-12(8-10-13)16(18)19/h2-10,14H,1H3. The molecule has 6 heteroatoms. The van der Waals surface area contributed by atoms with Gasteiger partial charge < -0.3 is 9.47 Å². The quantitative estimate of drug-likeness (QED) is 0.365. The molecule has 0 aliphatic carbocycles. The number of nitro groups is 1. The minimum Gasteiger partial charge on any atom is -0.424 e. The Balaban J connectivity index is 2.11. The number of carbonyl (C=O) groups excluding carboxylic acids is 1. The summed E-state index contributed by atoms with van der Waals surface area (Å²) in [5.41, 5.74) is 0.605. The molecule has 2 aromatic carbocycles. The minimum absolute atomic E-state index is 0.0684. The molecule has 0 aromatic heterocycles. The molecule has 0 aliphatic heterocycles. The second-order valence-electron chi connectivity index (χ2n) is 4.20. The van der Waals surface area contributed by atoms with Gasteiger partial charge in [0.05, 0.1) is 4.92 Å². The van der Waals surface area contributed by atoms with Crippen molar-refractivity contribution in [3.8, 4) is 5.75 Å². The Kier molecular flexibility index (Phi) is 4.63. The fourth-order valence-corrected chi connectivity index (χ4v) is 1.80. The second kappa shape index (κ2) is 6.62. The van der Waals surface area contributed by atoms with E-state index in [9.17, 15) is 14.9 Å². The number of nitro benzene ring substituents is 1. The molecule has 2 aromatic rings. The maximum atomic E-state index is 12.1. The van der Waals surface area contributed by atoms with E-state index in [-0.39, 0.29) is 11.4 Å². The summed E-state index contributed by atoms with van der Waals surface area (Å²) >= 11 is 0. The van der Waals surface area contributed by atoms with Crippen molar-refractivity contribution < 1.29 is 19.2 Å². The zero-order valence-electron chi connectivity index (χ0n) is 11.3. The summed E-state index contributed by atoms with van der Waals surface area (Å²) in [5.74, 6) is -0.360. The summed E-state index contributed by atoms with van der Waals surface area (Å²) in [7, 11) is 1.41. The van der Waals surface area contributed by atoms with E-state index in [1.807, 2.05) is 6.07 Å². The number of ether oxygens (including phenoxy) is 2. The zero-order chi connectivity index (χ0) is 15.2. The third-order valence-electron chi connectivity index (χ3n) is 2.82. The number of esters is 1. The predicted molar refractivity (Wildman–Crippen MR) is 74.9 cm³/mol. The molecule has 2 rings (SSSR count). The van der Waals surface area contributed by atoms with Crippen molar-refractivity contribution >= 4 is 11.7 Å². The van der Waals surface area contributed by atoms with Crippen LogP contribution in [0.15, 0.2) is 54.6 Å². The monoisotopic (exact) mass is 287 g/mol. The van der Waals surface area contributed by atoms with Crippen molar-refractivity contribution in [2.75, 3.05) is 7.11 Å². The lowest BCUT2D eigenvalue weighted by Crippen LogP contribution is -2.20. The molecule has 1 atom stereocenters. The van der Waals surface area contributed by atoms with Crippen LogP contribution in [0, 0.1) is 10.1 Å². The van der Waals surface area contributed by atoms with Gasteiger partial charge in [-0.3, -0.25) is 10.1 Å². The molecule has 21 heavy (non-hydrogen) atoms. The lowest BCUT2D eigenvalue weighted by atomic mass is 10.1. The first-order valence-corrected chi connectivity index (χ1v) is 6.15. The minimum atomic E-state index is -0.846. The Hall–Kier alpha value is -2.73. The molecular formula is C15H13NO5. The van der Waals surface area contributed by atoms with Crippen LogP contribution >= 0.6 is 0 Å². The molecule has 0 saturated heterocycles. The number of carbonyl (C=O) groups is 1. The Bertz CT molecular complexity index is 624. The van der Waals surface area contributed by atoms with Crippen LogP contribution in [-0.2, 0) is 9.53 Å². The van der Waals surface area contributed by atoms with Crippen molar-refractivity contribution in [2.45, 2.75) is 6.10 Å². The number of hydrogen-bond acceptors (Lipinski definition) is 5. The number of hydrogen-bond donors (Lipinski definition) is 0. The van der Waals surface area contributed by atoms with Crippen molar-refractivity contribution in [1.82, 2.24) is 0 Å². The van der Waals surface area contributed by atoms with Gasteiger partial charge in [-0.05, 0) is 17.7 Å². The van der Waals surface area contributed by atoms with E-state index in [4.69, 9.17) is 9.47 Å². The Morgan fingerprint density at radius 1 is 1.10 bits per heavy atom. The van der Waals surface area contributed by atoms with Crippen LogP contribution in [0.2, 0.25) is 0 Å². The van der Waals surface area contributed by atoms with Crippen LogP contribution in [-0.4, -0.2) is 18.0 Å². The van der Waals surface area contributed by atoms with Gasteiger partial charge in [0.2, 0.25) is 0 Å². The zero-order valence-corrected chi connectivity index (χ0v) is 11.3. The van der Waals surface area contributed by atoms with Crippen LogP contribution in [0.5, 0.6) is 5.75 Å². The van der Waals surface area contributed by atoms with Gasteiger partial charge >= 0.3 is 5.97 Å². The molecule has 0 N–H and O–H groups in total. The first-order valence-electron chi connectivity index (χ1n) is 6.15. The first kappa shape index (κ1) is 14.7. The van der Waals surface area contributed by atoms with E-state index in [1.165, 1.54) is 31.4 Å². The van der Waals surface area contributed by atoms with Crippen LogP contribution in [0.25, 0.3) is 0 Å². The number of methoxy groups -OCH3 is 1. The predicted octanol–water partition coefficient (Wildman–Crippen LogP) is 2.89. The average molecular weight is 287 g/mol. The van der Waals surface area contributed by atoms with Crippen molar-refractivity contribution in [2.24, 2.45) is 0 Å². The molecule has 1 unspecified atom stereocenters. The average Bonchev–Trinajstić information content (AvgIpc) is 2.49. The largest absolute Gasteiger partial charge is 0.424 e. The summed E-state index contributed by atoms with van der Waals surface area (Å²) in [5, 5.41) is 10.6. The summed E-state index contributed by atoms with van der Waals surface area (Å²) in [6.45, 7) is 0. The smallest absolute Gasteiger partial charge is 0.345 e. The lowest BCUT2D eigenvalue weighted by molar-refractivity contribution is -0.384. The van der Waals surface area contributed by atoms with Gasteiger partial charge in [-0.15, -0.1) is 0 Å². The molecule has 6 nitrogen and oxygen atoms in total. The van der Waals surface area contributed by atoms with Gasteiger partial charge in [-0.25, -0.2) is 4.79 Å². The van der Waals surface area contributed by atoms with Gasteiger partial charge in [0.15, 0.2) is 6.10 Å². The maximum Gasteiger partial charge on any atom is 0.345 e. The molecule has 0 heterocycles. The molecule has 0 aliphatic rings. The maximum absolute atomic E-state index is 12.1. The fraction of sp³-hybridized carbons (Fsp3) is 0.133. The van der Waals surface area contributed by atoms with Gasteiger partial charge in [-0.1, -0.05) is 30.3 Å². The third kappa shape index (κ3) is 3.64. The molecule has 0 radical (unpaired) electrons. The normalized spacial score (nSPS) is 11.7. The molecule has 108 valence electrons. The lowest BCUT2D eigenvalue weighted by Gasteiger charge is -2.14. The highest BCUT2D eigenvalue weighted by Crippen LogP contribution is 2.22. The van der Waals surface area contributed by atoms with E-state index in [0.29, 0.717) is 5.56 Å². The van der Waals surface area contributed by atoms with E-state index in [0.717, 1.165) is 0 Å². The van der Waals surface area contributed by atoms with Gasteiger partial charge in [-0.2, -0.15) is 0 Å². The second-order valence-corrected chi connectivity index (χ2v) is 4.20. The van der Waals surface area contributed by atoms with E-state index >= 15 is 0 Å². The van der Waals surface area contributed by atoms with Gasteiger partial charge in [0, 0.05) is 19.2 Å². The van der Waals surface area contributed by atoms with Crippen LogP contribution in [0.1, 0.15) is 11.7 Å². The van der Waals surface area contributed by atoms with Gasteiger partial charge in [0.25, 0.3) is 5.69 Å². The fourth-order valence-electron chi connectivity index (χ4n) is 1.80. The SMILES string of the molecule is COC(C(=O)Oc1ccc([N+](=O)[O-])cc1)c1ccccc1. The Labute approximate surface area is 121 Å². The van der Waals surface area contributed by atoms with Gasteiger partial charge in [0.1, 0.15) is 5.75 Å². The number of benzene rings is 2. The highest BCUT2D eigenvalue weighted by Gasteiger charge is 2.22. The Morgan fingerprint density at radius 3 is 2.24 bits per heavy atom. The summed E-state index contributed by atoms with van der Waals surface area (Å²) in [4.78, 5) is 22.1. The number of nitrogens with zero attached hydrogens (tertiary/aromatic N) is 1. The van der Waals surface area contributed by atoms with Crippen LogP contribution in [0.3, 0.4) is 0 Å². The summed E-state index contributed by atoms with van der Waals surface area (Å²) in [6, 6.07) is 14.2. The molecule has 0 bridgehead atoms. The van der Waals surface area contributed by atoms with Crippen molar-refractivity contribution in [3.63, 3.8) is 0 Å². The topological polar surface area (TPSA) is 78.7 Å². The molecule has 0 spiro atoms.